The maximum Gasteiger partial charge on any atom is 0.264 e. The standard InChI is InChI=1S/C17H16N2O2S2/c1-13-4-6-16(7-5-13)23(20,21)18-11-14-8-10-22-17(14)19-9-2-3-15(19)12-18/h2-8,10,12H,9,11H2,1H3. The van der Waals surface area contributed by atoms with Crippen molar-refractivity contribution in [3.05, 3.63) is 70.9 Å². The van der Waals surface area contributed by atoms with Crippen LogP contribution in [0.5, 0.6) is 0 Å². The first-order valence-corrected chi connectivity index (χ1v) is 9.68. The highest BCUT2D eigenvalue weighted by Gasteiger charge is 2.29. The van der Waals surface area contributed by atoms with Crippen molar-refractivity contribution in [3.63, 3.8) is 0 Å². The molecule has 0 amide bonds. The van der Waals surface area contributed by atoms with Crippen molar-refractivity contribution in [3.8, 4) is 0 Å². The highest BCUT2D eigenvalue weighted by Crippen LogP contribution is 2.37. The van der Waals surface area contributed by atoms with Crippen LogP contribution in [0.25, 0.3) is 0 Å². The van der Waals surface area contributed by atoms with Crippen LogP contribution in [0.1, 0.15) is 11.1 Å². The number of allylic oxidation sites excluding steroid dienone is 1. The van der Waals surface area contributed by atoms with Crippen LogP contribution in [0.15, 0.2) is 64.7 Å². The first kappa shape index (κ1) is 14.5. The minimum Gasteiger partial charge on any atom is -0.328 e. The van der Waals surface area contributed by atoms with E-state index in [4.69, 9.17) is 0 Å². The van der Waals surface area contributed by atoms with Gasteiger partial charge in [0, 0.05) is 18.3 Å². The summed E-state index contributed by atoms with van der Waals surface area (Å²) in [5, 5.41) is 3.14. The minimum absolute atomic E-state index is 0.326. The summed E-state index contributed by atoms with van der Waals surface area (Å²) in [6, 6.07) is 9.01. The van der Waals surface area contributed by atoms with E-state index in [1.807, 2.05) is 36.6 Å². The smallest absolute Gasteiger partial charge is 0.264 e. The van der Waals surface area contributed by atoms with E-state index in [0.29, 0.717) is 11.4 Å². The van der Waals surface area contributed by atoms with Crippen LogP contribution in [-0.4, -0.2) is 19.3 Å². The van der Waals surface area contributed by atoms with Gasteiger partial charge in [0.2, 0.25) is 0 Å². The SMILES string of the molecule is Cc1ccc(S(=O)(=O)N2C=C3C=CCN3c3sccc3C2)cc1. The van der Waals surface area contributed by atoms with Gasteiger partial charge in [0.15, 0.2) is 0 Å². The van der Waals surface area contributed by atoms with E-state index in [0.717, 1.165) is 28.4 Å². The lowest BCUT2D eigenvalue weighted by atomic mass is 10.2. The Morgan fingerprint density at radius 2 is 1.91 bits per heavy atom. The van der Waals surface area contributed by atoms with Crippen molar-refractivity contribution in [2.75, 3.05) is 11.4 Å². The second-order valence-corrected chi connectivity index (χ2v) is 8.47. The van der Waals surface area contributed by atoms with Crippen LogP contribution in [0.3, 0.4) is 0 Å². The fourth-order valence-electron chi connectivity index (χ4n) is 2.83. The zero-order valence-corrected chi connectivity index (χ0v) is 14.3. The van der Waals surface area contributed by atoms with Gasteiger partial charge in [0.25, 0.3) is 10.0 Å². The molecular formula is C17H16N2O2S2. The number of fused-ring (bicyclic) bond motifs is 3. The van der Waals surface area contributed by atoms with E-state index < -0.39 is 10.0 Å². The third kappa shape index (κ3) is 2.38. The molecule has 0 saturated heterocycles. The quantitative estimate of drug-likeness (QED) is 0.837. The van der Waals surface area contributed by atoms with Crippen LogP contribution < -0.4 is 4.90 Å². The Kier molecular flexibility index (Phi) is 3.32. The lowest BCUT2D eigenvalue weighted by molar-refractivity contribution is 0.496. The Morgan fingerprint density at radius 1 is 1.13 bits per heavy atom. The molecule has 0 spiro atoms. The maximum absolute atomic E-state index is 13.0. The first-order valence-electron chi connectivity index (χ1n) is 7.36. The average Bonchev–Trinajstić information content (AvgIpc) is 3.14. The lowest BCUT2D eigenvalue weighted by Crippen LogP contribution is -2.25. The van der Waals surface area contributed by atoms with Crippen molar-refractivity contribution < 1.29 is 8.42 Å². The predicted octanol–water partition coefficient (Wildman–Crippen LogP) is 3.48. The maximum atomic E-state index is 13.0. The number of thiophene rings is 1. The zero-order valence-electron chi connectivity index (χ0n) is 12.6. The molecule has 2 aliphatic rings. The van der Waals surface area contributed by atoms with Gasteiger partial charge in [-0.1, -0.05) is 23.8 Å². The predicted molar refractivity (Wildman–Crippen MR) is 92.8 cm³/mol. The molecular weight excluding hydrogens is 328 g/mol. The molecule has 1 aromatic heterocycles. The fraction of sp³-hybridized carbons (Fsp3) is 0.176. The molecule has 0 aliphatic carbocycles. The normalized spacial score (nSPS) is 16.8. The number of nitrogens with zero attached hydrogens (tertiary/aromatic N) is 2. The van der Waals surface area contributed by atoms with Crippen molar-refractivity contribution in [2.24, 2.45) is 0 Å². The molecule has 2 aliphatic heterocycles. The number of benzene rings is 1. The summed E-state index contributed by atoms with van der Waals surface area (Å²) >= 11 is 1.65. The molecule has 3 heterocycles. The molecule has 4 nitrogen and oxygen atoms in total. The Morgan fingerprint density at radius 3 is 2.70 bits per heavy atom. The Labute approximate surface area is 140 Å². The molecule has 0 saturated carbocycles. The number of hydrogen-bond acceptors (Lipinski definition) is 4. The highest BCUT2D eigenvalue weighted by molar-refractivity contribution is 7.89. The summed E-state index contributed by atoms with van der Waals surface area (Å²) in [5.74, 6) is 0. The van der Waals surface area contributed by atoms with Gasteiger partial charge in [-0.05, 0) is 36.6 Å². The van der Waals surface area contributed by atoms with Gasteiger partial charge in [0.05, 0.1) is 17.1 Å². The van der Waals surface area contributed by atoms with Crippen molar-refractivity contribution in [1.82, 2.24) is 4.31 Å². The van der Waals surface area contributed by atoms with E-state index in [9.17, 15) is 8.42 Å². The molecule has 0 fully saturated rings. The molecule has 0 N–H and O–H groups in total. The molecule has 0 unspecified atom stereocenters. The van der Waals surface area contributed by atoms with Crippen LogP contribution in [0.2, 0.25) is 0 Å². The zero-order chi connectivity index (χ0) is 16.0. The topological polar surface area (TPSA) is 40.6 Å². The van der Waals surface area contributed by atoms with Gasteiger partial charge in [0.1, 0.15) is 5.00 Å². The van der Waals surface area contributed by atoms with Crippen LogP contribution in [0, 0.1) is 6.92 Å². The van der Waals surface area contributed by atoms with Crippen molar-refractivity contribution in [1.29, 1.82) is 0 Å². The highest BCUT2D eigenvalue weighted by atomic mass is 32.2. The van der Waals surface area contributed by atoms with Gasteiger partial charge in [-0.2, -0.15) is 0 Å². The summed E-state index contributed by atoms with van der Waals surface area (Å²) < 4.78 is 27.5. The monoisotopic (exact) mass is 344 g/mol. The second-order valence-electron chi connectivity index (χ2n) is 5.68. The van der Waals surface area contributed by atoms with Gasteiger partial charge < -0.3 is 4.90 Å². The van der Waals surface area contributed by atoms with E-state index in [1.165, 1.54) is 4.31 Å². The molecule has 0 radical (unpaired) electrons. The van der Waals surface area contributed by atoms with Crippen molar-refractivity contribution >= 4 is 26.4 Å². The number of hydrogen-bond donors (Lipinski definition) is 0. The minimum atomic E-state index is -3.56. The number of sulfonamides is 1. The average molecular weight is 344 g/mol. The first-order chi connectivity index (χ1) is 11.1. The summed E-state index contributed by atoms with van der Waals surface area (Å²) in [5.41, 5.74) is 3.01. The van der Waals surface area contributed by atoms with E-state index in [1.54, 1.807) is 29.7 Å². The third-order valence-corrected chi connectivity index (χ3v) is 6.78. The fourth-order valence-corrected chi connectivity index (χ4v) is 5.09. The summed E-state index contributed by atoms with van der Waals surface area (Å²) in [4.78, 5) is 2.48. The van der Waals surface area contributed by atoms with Crippen molar-refractivity contribution in [2.45, 2.75) is 18.4 Å². The number of aryl methyl sites for hydroxylation is 1. The van der Waals surface area contributed by atoms with Crippen LogP contribution >= 0.6 is 11.3 Å². The number of anilines is 1. The van der Waals surface area contributed by atoms with Gasteiger partial charge >= 0.3 is 0 Å². The van der Waals surface area contributed by atoms with E-state index >= 15 is 0 Å². The molecule has 2 aromatic rings. The Bertz CT molecular complexity index is 908. The molecule has 4 rings (SSSR count). The molecule has 23 heavy (non-hydrogen) atoms. The summed E-state index contributed by atoms with van der Waals surface area (Å²) in [7, 11) is -3.56. The van der Waals surface area contributed by atoms with Gasteiger partial charge in [-0.25, -0.2) is 8.42 Å². The lowest BCUT2D eigenvalue weighted by Gasteiger charge is -2.19. The van der Waals surface area contributed by atoms with Crippen LogP contribution in [0.4, 0.5) is 5.00 Å². The third-order valence-electron chi connectivity index (χ3n) is 4.09. The van der Waals surface area contributed by atoms with Crippen LogP contribution in [-0.2, 0) is 16.6 Å². The van der Waals surface area contributed by atoms with Gasteiger partial charge in [-0.15, -0.1) is 11.3 Å². The van der Waals surface area contributed by atoms with E-state index in [2.05, 4.69) is 11.0 Å². The second kappa shape index (κ2) is 5.25. The molecule has 0 bridgehead atoms. The number of rotatable bonds is 2. The summed E-state index contributed by atoms with van der Waals surface area (Å²) in [6.07, 6.45) is 5.77. The molecule has 118 valence electrons. The Hall–Kier alpha value is -2.05. The molecule has 1 aromatic carbocycles. The largest absolute Gasteiger partial charge is 0.328 e. The molecule has 0 atom stereocenters. The van der Waals surface area contributed by atoms with Gasteiger partial charge in [-0.3, -0.25) is 4.31 Å². The Balaban J connectivity index is 1.81. The summed E-state index contributed by atoms with van der Waals surface area (Å²) in [6.45, 7) is 3.10. The van der Waals surface area contributed by atoms with E-state index in [-0.39, 0.29) is 0 Å². The molecule has 6 heteroatoms.